The van der Waals surface area contributed by atoms with Crippen LogP contribution in [0.15, 0.2) is 18.2 Å². The third-order valence-corrected chi connectivity index (χ3v) is 4.16. The Kier molecular flexibility index (Phi) is 5.20. The molecule has 114 valence electrons. The molecule has 21 heavy (non-hydrogen) atoms. The summed E-state index contributed by atoms with van der Waals surface area (Å²) in [6, 6.07) is 5.22. The fourth-order valence-corrected chi connectivity index (χ4v) is 2.73. The van der Waals surface area contributed by atoms with Crippen LogP contribution < -0.4 is 11.1 Å². The van der Waals surface area contributed by atoms with Crippen LogP contribution in [0.25, 0.3) is 0 Å². The number of rotatable bonds is 4. The molecule has 1 aromatic carbocycles. The second kappa shape index (κ2) is 6.91. The maximum absolute atomic E-state index is 12.7. The van der Waals surface area contributed by atoms with Crippen LogP contribution >= 0.6 is 11.6 Å². The van der Waals surface area contributed by atoms with Crippen molar-refractivity contribution in [3.05, 3.63) is 34.3 Å². The highest BCUT2D eigenvalue weighted by atomic mass is 35.5. The van der Waals surface area contributed by atoms with E-state index in [9.17, 15) is 9.59 Å². The lowest BCUT2D eigenvalue weighted by atomic mass is 10.0. The summed E-state index contributed by atoms with van der Waals surface area (Å²) in [5.74, 6) is -0.692. The van der Waals surface area contributed by atoms with Crippen molar-refractivity contribution in [2.75, 3.05) is 19.6 Å². The highest BCUT2D eigenvalue weighted by Crippen LogP contribution is 2.20. The first kappa shape index (κ1) is 15.8. The number of nitrogens with zero attached hydrogens (tertiary/aromatic N) is 1. The summed E-state index contributed by atoms with van der Waals surface area (Å²) >= 11 is 6.08. The van der Waals surface area contributed by atoms with E-state index >= 15 is 0 Å². The minimum atomic E-state index is -0.500. The predicted molar refractivity (Wildman–Crippen MR) is 82.3 cm³/mol. The summed E-state index contributed by atoms with van der Waals surface area (Å²) in [4.78, 5) is 25.6. The van der Waals surface area contributed by atoms with E-state index in [1.807, 2.05) is 6.92 Å². The number of hydrogen-bond donors (Lipinski definition) is 2. The van der Waals surface area contributed by atoms with Gasteiger partial charge in [0, 0.05) is 16.6 Å². The van der Waals surface area contributed by atoms with E-state index in [1.54, 1.807) is 23.1 Å². The minimum Gasteiger partial charge on any atom is -0.368 e. The van der Waals surface area contributed by atoms with E-state index < -0.39 is 5.91 Å². The monoisotopic (exact) mass is 309 g/mol. The molecule has 1 aliphatic rings. The molecule has 0 aliphatic carbocycles. The van der Waals surface area contributed by atoms with Gasteiger partial charge in [-0.2, -0.15) is 0 Å². The van der Waals surface area contributed by atoms with Crippen LogP contribution in [0.5, 0.6) is 0 Å². The van der Waals surface area contributed by atoms with E-state index in [4.69, 9.17) is 17.3 Å². The van der Waals surface area contributed by atoms with Gasteiger partial charge >= 0.3 is 0 Å². The zero-order valence-electron chi connectivity index (χ0n) is 12.1. The van der Waals surface area contributed by atoms with Crippen LogP contribution in [0.1, 0.15) is 28.8 Å². The van der Waals surface area contributed by atoms with Crippen LogP contribution in [-0.4, -0.2) is 42.4 Å². The Labute approximate surface area is 129 Å². The SMILES string of the molecule is Cc1ccc(C(=O)N(CC(N)=O)C2CCNCC2)cc1Cl. The molecule has 0 spiro atoms. The number of halogens is 1. The molecule has 0 saturated carbocycles. The van der Waals surface area contributed by atoms with Crippen molar-refractivity contribution in [1.82, 2.24) is 10.2 Å². The summed E-state index contributed by atoms with van der Waals surface area (Å²) < 4.78 is 0. The molecule has 2 amide bonds. The average molecular weight is 310 g/mol. The smallest absolute Gasteiger partial charge is 0.254 e. The Hall–Kier alpha value is -1.59. The standard InChI is InChI=1S/C15H20ClN3O2/c1-10-2-3-11(8-13(10)16)15(21)19(9-14(17)20)12-4-6-18-7-5-12/h2-3,8,12,18H,4-7,9H2,1H3,(H2,17,20). The number of nitrogens with two attached hydrogens (primary N) is 1. The fourth-order valence-electron chi connectivity index (χ4n) is 2.54. The molecule has 3 N–H and O–H groups in total. The maximum atomic E-state index is 12.7. The van der Waals surface area contributed by atoms with Gasteiger partial charge in [-0.25, -0.2) is 0 Å². The number of amides is 2. The molecule has 5 nitrogen and oxygen atoms in total. The van der Waals surface area contributed by atoms with Crippen molar-refractivity contribution in [2.24, 2.45) is 5.73 Å². The van der Waals surface area contributed by atoms with Gasteiger partial charge in [-0.05, 0) is 50.6 Å². The third kappa shape index (κ3) is 3.95. The van der Waals surface area contributed by atoms with Gasteiger partial charge in [0.25, 0.3) is 5.91 Å². The van der Waals surface area contributed by atoms with Crippen molar-refractivity contribution >= 4 is 23.4 Å². The van der Waals surface area contributed by atoms with Crippen LogP contribution in [0.2, 0.25) is 5.02 Å². The van der Waals surface area contributed by atoms with Gasteiger partial charge in [0.1, 0.15) is 0 Å². The number of nitrogens with one attached hydrogen (secondary N) is 1. The molecule has 0 atom stereocenters. The first-order chi connectivity index (χ1) is 9.99. The van der Waals surface area contributed by atoms with Crippen LogP contribution in [0.3, 0.4) is 0 Å². The second-order valence-electron chi connectivity index (χ2n) is 5.34. The highest BCUT2D eigenvalue weighted by Gasteiger charge is 2.27. The lowest BCUT2D eigenvalue weighted by Crippen LogP contribution is -2.49. The maximum Gasteiger partial charge on any atom is 0.254 e. The minimum absolute atomic E-state index is 0.0336. The molecule has 1 saturated heterocycles. The zero-order chi connectivity index (χ0) is 15.4. The van der Waals surface area contributed by atoms with Gasteiger partial charge in [-0.3, -0.25) is 9.59 Å². The Morgan fingerprint density at radius 3 is 2.62 bits per heavy atom. The van der Waals surface area contributed by atoms with Crippen molar-refractivity contribution in [1.29, 1.82) is 0 Å². The molecule has 2 rings (SSSR count). The first-order valence-electron chi connectivity index (χ1n) is 7.05. The summed E-state index contributed by atoms with van der Waals surface area (Å²) in [5, 5.41) is 3.79. The Balaban J connectivity index is 2.23. The third-order valence-electron chi connectivity index (χ3n) is 3.76. The summed E-state index contributed by atoms with van der Waals surface area (Å²) in [5.41, 5.74) is 6.70. The molecule has 0 radical (unpaired) electrons. The van der Waals surface area contributed by atoms with E-state index in [2.05, 4.69) is 5.32 Å². The van der Waals surface area contributed by atoms with Crippen LogP contribution in [0.4, 0.5) is 0 Å². The summed E-state index contributed by atoms with van der Waals surface area (Å²) in [7, 11) is 0. The van der Waals surface area contributed by atoms with Gasteiger partial charge in [0.05, 0.1) is 6.54 Å². The molecule has 0 aromatic heterocycles. The van der Waals surface area contributed by atoms with Crippen LogP contribution in [-0.2, 0) is 4.79 Å². The Morgan fingerprint density at radius 2 is 2.05 bits per heavy atom. The number of carbonyl (C=O) groups excluding carboxylic acids is 2. The molecule has 6 heteroatoms. The predicted octanol–water partition coefficient (Wildman–Crippen LogP) is 1.33. The van der Waals surface area contributed by atoms with Crippen molar-refractivity contribution in [3.63, 3.8) is 0 Å². The largest absolute Gasteiger partial charge is 0.368 e. The molecular formula is C15H20ClN3O2. The number of aryl methyl sites for hydroxylation is 1. The molecule has 1 fully saturated rings. The normalized spacial score (nSPS) is 15.7. The van der Waals surface area contributed by atoms with Gasteiger partial charge < -0.3 is 16.0 Å². The quantitative estimate of drug-likeness (QED) is 0.881. The average Bonchev–Trinajstić information content (AvgIpc) is 2.47. The fraction of sp³-hybridized carbons (Fsp3) is 0.467. The lowest BCUT2D eigenvalue weighted by molar-refractivity contribution is -0.119. The van der Waals surface area contributed by atoms with Gasteiger partial charge in [-0.15, -0.1) is 0 Å². The van der Waals surface area contributed by atoms with Gasteiger partial charge in [0.15, 0.2) is 0 Å². The Bertz CT molecular complexity index is 542. The van der Waals surface area contributed by atoms with Gasteiger partial charge in [-0.1, -0.05) is 17.7 Å². The molecule has 1 heterocycles. The molecule has 0 unspecified atom stereocenters. The van der Waals surface area contributed by atoms with Crippen molar-refractivity contribution in [2.45, 2.75) is 25.8 Å². The first-order valence-corrected chi connectivity index (χ1v) is 7.43. The topological polar surface area (TPSA) is 75.4 Å². The second-order valence-corrected chi connectivity index (χ2v) is 5.75. The number of primary amides is 1. The summed E-state index contributed by atoms with van der Waals surface area (Å²) in [6.45, 7) is 3.49. The number of benzene rings is 1. The van der Waals surface area contributed by atoms with E-state index in [1.165, 1.54) is 0 Å². The molecular weight excluding hydrogens is 290 g/mol. The number of piperidine rings is 1. The highest BCUT2D eigenvalue weighted by molar-refractivity contribution is 6.31. The molecule has 1 aliphatic heterocycles. The lowest BCUT2D eigenvalue weighted by Gasteiger charge is -2.34. The zero-order valence-corrected chi connectivity index (χ0v) is 12.8. The van der Waals surface area contributed by atoms with Gasteiger partial charge in [0.2, 0.25) is 5.91 Å². The Morgan fingerprint density at radius 1 is 1.38 bits per heavy atom. The summed E-state index contributed by atoms with van der Waals surface area (Å²) in [6.07, 6.45) is 1.64. The van der Waals surface area contributed by atoms with E-state index in [-0.39, 0.29) is 18.5 Å². The molecule has 1 aromatic rings. The number of carbonyl (C=O) groups is 2. The van der Waals surface area contributed by atoms with Crippen molar-refractivity contribution < 1.29 is 9.59 Å². The molecule has 0 bridgehead atoms. The number of hydrogen-bond acceptors (Lipinski definition) is 3. The van der Waals surface area contributed by atoms with E-state index in [0.717, 1.165) is 31.5 Å². The van der Waals surface area contributed by atoms with Crippen molar-refractivity contribution in [3.8, 4) is 0 Å². The van der Waals surface area contributed by atoms with E-state index in [0.29, 0.717) is 10.6 Å². The van der Waals surface area contributed by atoms with Crippen LogP contribution in [0, 0.1) is 6.92 Å².